The number of nitrogens with zero attached hydrogens (tertiary/aromatic N) is 1. The van der Waals surface area contributed by atoms with E-state index < -0.39 is 21.6 Å². The highest BCUT2D eigenvalue weighted by Gasteiger charge is 2.28. The van der Waals surface area contributed by atoms with Gasteiger partial charge in [0, 0.05) is 35.1 Å². The molecule has 1 atom stereocenters. The molecule has 10 heteroatoms. The van der Waals surface area contributed by atoms with E-state index >= 15 is 0 Å². The summed E-state index contributed by atoms with van der Waals surface area (Å²) in [5.74, 6) is 1.18. The maximum absolute atomic E-state index is 13.3. The van der Waals surface area contributed by atoms with Crippen molar-refractivity contribution in [2.24, 2.45) is 0 Å². The molecule has 3 aromatic rings. The van der Waals surface area contributed by atoms with Gasteiger partial charge in [-0.05, 0) is 37.6 Å². The molecule has 9 nitrogen and oxygen atoms in total. The van der Waals surface area contributed by atoms with Crippen LogP contribution in [-0.4, -0.2) is 59.4 Å². The van der Waals surface area contributed by atoms with Gasteiger partial charge in [-0.3, -0.25) is 4.79 Å². The molecule has 1 fully saturated rings. The quantitative estimate of drug-likeness (QED) is 0.434. The van der Waals surface area contributed by atoms with Gasteiger partial charge in [0.15, 0.2) is 0 Å². The monoisotopic (exact) mass is 428 g/mol. The lowest BCUT2D eigenvalue weighted by atomic mass is 10.1. The molecule has 0 amide bonds. The second-order valence-electron chi connectivity index (χ2n) is 7.21. The van der Waals surface area contributed by atoms with E-state index in [9.17, 15) is 23.1 Å². The minimum atomic E-state index is -3.94. The van der Waals surface area contributed by atoms with Crippen molar-refractivity contribution in [3.63, 3.8) is 0 Å². The highest BCUT2D eigenvalue weighted by molar-refractivity contribution is 7.89. The Balaban J connectivity index is 1.87. The number of aromatic amines is 2. The number of fused-ring (bicyclic) bond motifs is 3. The van der Waals surface area contributed by atoms with Gasteiger partial charge in [-0.2, -0.15) is 4.31 Å². The molecule has 0 saturated carbocycles. The highest BCUT2D eigenvalue weighted by atomic mass is 32.2. The van der Waals surface area contributed by atoms with Crippen LogP contribution in [0, 0.1) is 12.3 Å². The molecule has 1 aliphatic heterocycles. The van der Waals surface area contributed by atoms with E-state index in [1.807, 2.05) is 0 Å². The zero-order valence-corrected chi connectivity index (χ0v) is 16.8. The van der Waals surface area contributed by atoms with Crippen molar-refractivity contribution in [2.75, 3.05) is 19.6 Å². The van der Waals surface area contributed by atoms with Crippen molar-refractivity contribution in [1.29, 1.82) is 0 Å². The summed E-state index contributed by atoms with van der Waals surface area (Å²) in [6, 6.07) is 4.26. The van der Waals surface area contributed by atoms with Crippen LogP contribution in [0.15, 0.2) is 34.1 Å². The molecule has 156 valence electrons. The first-order valence-corrected chi connectivity index (χ1v) is 10.8. The van der Waals surface area contributed by atoms with Gasteiger partial charge >= 0.3 is 5.97 Å². The van der Waals surface area contributed by atoms with Crippen LogP contribution < -0.4 is 10.9 Å². The Hall–Kier alpha value is -3.13. The predicted molar refractivity (Wildman–Crippen MR) is 112 cm³/mol. The van der Waals surface area contributed by atoms with E-state index in [1.54, 1.807) is 0 Å². The molecule has 0 aliphatic carbocycles. The normalized spacial score (nSPS) is 17.0. The summed E-state index contributed by atoms with van der Waals surface area (Å²) in [5, 5.41) is 13.2. The fourth-order valence-corrected chi connectivity index (χ4v) is 5.32. The maximum atomic E-state index is 13.3. The van der Waals surface area contributed by atoms with Crippen LogP contribution in [0.1, 0.15) is 23.2 Å². The molecule has 0 bridgehead atoms. The Morgan fingerprint density at radius 1 is 1.37 bits per heavy atom. The Bertz CT molecular complexity index is 1340. The number of aromatic carboxylic acids is 1. The van der Waals surface area contributed by atoms with Crippen molar-refractivity contribution < 1.29 is 18.3 Å². The smallest absolute Gasteiger partial charge is 0.337 e. The van der Waals surface area contributed by atoms with E-state index in [4.69, 9.17) is 6.42 Å². The number of H-pyrrole nitrogens is 2. The Labute approximate surface area is 172 Å². The summed E-state index contributed by atoms with van der Waals surface area (Å²) in [6.07, 6.45) is 8.47. The predicted octanol–water partition coefficient (Wildman–Crippen LogP) is 1.08. The molecule has 0 radical (unpaired) electrons. The number of carboxylic acids is 1. The van der Waals surface area contributed by atoms with Gasteiger partial charge in [-0.25, -0.2) is 13.2 Å². The summed E-state index contributed by atoms with van der Waals surface area (Å²) >= 11 is 0. The first-order chi connectivity index (χ1) is 14.3. The number of sulfonamides is 1. The summed E-state index contributed by atoms with van der Waals surface area (Å²) in [5.41, 5.74) is -0.173. The van der Waals surface area contributed by atoms with Crippen molar-refractivity contribution in [3.05, 3.63) is 40.3 Å². The molecule has 4 N–H and O–H groups in total. The van der Waals surface area contributed by atoms with E-state index in [2.05, 4.69) is 21.2 Å². The number of carboxylic acid groups (broad SMARTS) is 1. The molecule has 1 aromatic carbocycles. The largest absolute Gasteiger partial charge is 0.478 e. The van der Waals surface area contributed by atoms with Gasteiger partial charge in [0.1, 0.15) is 5.52 Å². The number of carbonyl (C=O) groups is 1. The SMILES string of the molecule is C#CCN(CC1CCCN1)S(=O)(=O)c1ccc2[nH]c(=O)c3[nH]cc(C(=O)O)c3c2c1. The van der Waals surface area contributed by atoms with Gasteiger partial charge < -0.3 is 20.4 Å². The third-order valence-corrected chi connectivity index (χ3v) is 7.15. The first kappa shape index (κ1) is 20.2. The molecule has 1 unspecified atom stereocenters. The molecular weight excluding hydrogens is 408 g/mol. The van der Waals surface area contributed by atoms with Crippen LogP contribution in [0.25, 0.3) is 21.8 Å². The minimum Gasteiger partial charge on any atom is -0.478 e. The number of terminal acetylenes is 1. The number of aromatic nitrogens is 2. The lowest BCUT2D eigenvalue weighted by Crippen LogP contribution is -2.41. The summed E-state index contributed by atoms with van der Waals surface area (Å²) in [6.45, 7) is 1.00. The van der Waals surface area contributed by atoms with Crippen LogP contribution >= 0.6 is 0 Å². The molecule has 2 aromatic heterocycles. The zero-order valence-electron chi connectivity index (χ0n) is 15.9. The average Bonchev–Trinajstić information content (AvgIpc) is 3.37. The maximum Gasteiger partial charge on any atom is 0.337 e. The van der Waals surface area contributed by atoms with Gasteiger partial charge in [-0.15, -0.1) is 6.42 Å². The lowest BCUT2D eigenvalue weighted by Gasteiger charge is -2.23. The second kappa shape index (κ2) is 7.60. The Kier molecular flexibility index (Phi) is 5.11. The topological polar surface area (TPSA) is 135 Å². The fourth-order valence-electron chi connectivity index (χ4n) is 3.89. The number of pyridine rings is 1. The molecule has 3 heterocycles. The molecule has 1 saturated heterocycles. The fraction of sp³-hybridized carbons (Fsp3) is 0.300. The van der Waals surface area contributed by atoms with Crippen molar-refractivity contribution in [2.45, 2.75) is 23.8 Å². The van der Waals surface area contributed by atoms with E-state index in [-0.39, 0.29) is 40.5 Å². The highest BCUT2D eigenvalue weighted by Crippen LogP contribution is 2.28. The number of nitrogens with one attached hydrogen (secondary N) is 3. The van der Waals surface area contributed by atoms with Gasteiger partial charge in [0.25, 0.3) is 5.56 Å². The lowest BCUT2D eigenvalue weighted by molar-refractivity contribution is 0.0699. The van der Waals surface area contributed by atoms with Gasteiger partial charge in [0.05, 0.1) is 17.0 Å². The molecule has 1 aliphatic rings. The van der Waals surface area contributed by atoms with Gasteiger partial charge in [-0.1, -0.05) is 5.92 Å². The Morgan fingerprint density at radius 2 is 2.17 bits per heavy atom. The zero-order chi connectivity index (χ0) is 21.5. The second-order valence-corrected chi connectivity index (χ2v) is 9.15. The van der Waals surface area contributed by atoms with Crippen LogP contribution in [0.5, 0.6) is 0 Å². The minimum absolute atomic E-state index is 0.0193. The number of hydrogen-bond acceptors (Lipinski definition) is 5. The van der Waals surface area contributed by atoms with Gasteiger partial charge in [0.2, 0.25) is 10.0 Å². The summed E-state index contributed by atoms with van der Waals surface area (Å²) in [7, 11) is -3.94. The number of benzene rings is 1. The van der Waals surface area contributed by atoms with Crippen molar-refractivity contribution >= 4 is 37.8 Å². The van der Waals surface area contributed by atoms with Crippen LogP contribution in [0.2, 0.25) is 0 Å². The van der Waals surface area contributed by atoms with Crippen molar-refractivity contribution in [1.82, 2.24) is 19.6 Å². The Morgan fingerprint density at radius 3 is 2.83 bits per heavy atom. The van der Waals surface area contributed by atoms with E-state index in [0.29, 0.717) is 10.9 Å². The number of hydrogen-bond donors (Lipinski definition) is 4. The average molecular weight is 428 g/mol. The summed E-state index contributed by atoms with van der Waals surface area (Å²) < 4.78 is 27.9. The third kappa shape index (κ3) is 3.37. The number of rotatable bonds is 6. The van der Waals surface area contributed by atoms with E-state index in [0.717, 1.165) is 19.4 Å². The van der Waals surface area contributed by atoms with Crippen LogP contribution in [-0.2, 0) is 10.0 Å². The van der Waals surface area contributed by atoms with Crippen molar-refractivity contribution in [3.8, 4) is 12.3 Å². The van der Waals surface area contributed by atoms with Crippen LogP contribution in [0.3, 0.4) is 0 Å². The molecule has 4 rings (SSSR count). The third-order valence-electron chi connectivity index (χ3n) is 5.34. The van der Waals surface area contributed by atoms with Crippen LogP contribution in [0.4, 0.5) is 0 Å². The first-order valence-electron chi connectivity index (χ1n) is 9.40. The molecule has 30 heavy (non-hydrogen) atoms. The standard InChI is InChI=1S/C20H20N4O5S/c1-2-8-24(11-12-4-3-7-21-12)30(28,29)13-5-6-16-14(9-13)17-15(20(26)27)10-22-18(17)19(25)23-16/h1,5-6,9-10,12,21-22H,3-4,7-8,11H2,(H,23,25)(H,26,27). The molecule has 0 spiro atoms. The summed E-state index contributed by atoms with van der Waals surface area (Å²) in [4.78, 5) is 29.2. The van der Waals surface area contributed by atoms with E-state index in [1.165, 1.54) is 28.7 Å². The molecular formula is C20H20N4O5S.